The van der Waals surface area contributed by atoms with Gasteiger partial charge in [-0.2, -0.15) is 40.3 Å². The molecular formula is C63H73ClN16O10S3. The first-order chi connectivity index (χ1) is 43.9. The molecule has 10 aromatic rings. The summed E-state index contributed by atoms with van der Waals surface area (Å²) in [7, 11) is 0. The minimum atomic E-state index is -0.750. The molecule has 490 valence electrons. The molecule has 26 nitrogen and oxygen atoms in total. The Labute approximate surface area is 556 Å². The van der Waals surface area contributed by atoms with Crippen LogP contribution in [0.5, 0.6) is 0 Å². The lowest BCUT2D eigenvalue weighted by molar-refractivity contribution is 0.0196. The fourth-order valence-electron chi connectivity index (χ4n) is 9.98. The molecule has 0 radical (unpaired) electrons. The normalized spacial score (nSPS) is 14.5. The van der Waals surface area contributed by atoms with Crippen LogP contribution in [-0.4, -0.2) is 148 Å². The summed E-state index contributed by atoms with van der Waals surface area (Å²) in [5.74, 6) is 2.97. The summed E-state index contributed by atoms with van der Waals surface area (Å²) in [6.07, 6.45) is 10.7. The van der Waals surface area contributed by atoms with Gasteiger partial charge in [-0.3, -0.25) is 0 Å². The molecule has 2 fully saturated rings. The molecule has 8 aromatic heterocycles. The van der Waals surface area contributed by atoms with Crippen molar-refractivity contribution in [3.63, 3.8) is 0 Å². The molecule has 2 atom stereocenters. The van der Waals surface area contributed by atoms with E-state index in [0.717, 1.165) is 81.5 Å². The number of halogens is 1. The lowest BCUT2D eigenvalue weighted by Crippen LogP contribution is -2.47. The number of aryl methyl sites for hydroxylation is 5. The molecule has 10 heterocycles. The number of rotatable bonds is 9. The Morgan fingerprint density at radius 3 is 1.43 bits per heavy atom. The van der Waals surface area contributed by atoms with Crippen molar-refractivity contribution in [1.29, 1.82) is 0 Å². The molecule has 2 aromatic carbocycles. The largest absolute Gasteiger partial charge is 0.444 e. The van der Waals surface area contributed by atoms with Gasteiger partial charge < -0.3 is 48.1 Å². The Balaban J connectivity index is 0.000000203. The van der Waals surface area contributed by atoms with E-state index >= 15 is 0 Å². The van der Waals surface area contributed by atoms with E-state index in [1.54, 1.807) is 29.8 Å². The molecule has 0 saturated carbocycles. The highest BCUT2D eigenvalue weighted by atomic mass is 35.5. The maximum atomic E-state index is 12.7. The van der Waals surface area contributed by atoms with E-state index in [9.17, 15) is 9.59 Å². The van der Waals surface area contributed by atoms with Gasteiger partial charge in [-0.05, 0) is 162 Å². The number of ether oxygens (including phenoxy) is 2. The third-order valence-corrected chi connectivity index (χ3v) is 14.4. The molecule has 0 spiro atoms. The zero-order chi connectivity index (χ0) is 66.3. The Kier molecular flexibility index (Phi) is 24.7. The predicted molar refractivity (Wildman–Crippen MR) is 358 cm³/mol. The monoisotopic (exact) mass is 1340 g/mol. The molecule has 93 heavy (non-hydrogen) atoms. The van der Waals surface area contributed by atoms with Crippen LogP contribution < -0.4 is 10.6 Å². The van der Waals surface area contributed by atoms with Crippen LogP contribution in [0.4, 0.5) is 21.5 Å². The van der Waals surface area contributed by atoms with Crippen LogP contribution in [0.15, 0.2) is 119 Å². The van der Waals surface area contributed by atoms with Gasteiger partial charge >= 0.3 is 35.3 Å². The average Bonchev–Trinajstić information content (AvgIpc) is 1.63. The minimum absolute atomic E-state index is 0. The molecule has 0 bridgehead atoms. The number of amides is 2. The highest BCUT2D eigenvalue weighted by molar-refractivity contribution is 7.59. The van der Waals surface area contributed by atoms with E-state index in [0.29, 0.717) is 78.0 Å². The predicted octanol–water partition coefficient (Wildman–Crippen LogP) is 11.7. The lowest BCUT2D eigenvalue weighted by Gasteiger charge is -2.34. The van der Waals surface area contributed by atoms with Crippen LogP contribution in [0.3, 0.4) is 0 Å². The number of benzene rings is 2. The summed E-state index contributed by atoms with van der Waals surface area (Å²) in [4.78, 5) is 64.5. The summed E-state index contributed by atoms with van der Waals surface area (Å²) >= 11 is 4.51. The maximum Gasteiger partial charge on any atom is 0.410 e. The van der Waals surface area contributed by atoms with E-state index < -0.39 is 34.3 Å². The zero-order valence-electron chi connectivity index (χ0n) is 53.2. The van der Waals surface area contributed by atoms with Crippen molar-refractivity contribution in [3.8, 4) is 45.8 Å². The highest BCUT2D eigenvalue weighted by Gasteiger charge is 2.30. The fraction of sp³-hybridized carbons (Fsp3) is 0.365. The number of likely N-dealkylation sites (tertiary alicyclic amines) is 2. The van der Waals surface area contributed by atoms with Gasteiger partial charge in [0.1, 0.15) is 39.0 Å². The second kappa shape index (κ2) is 32.3. The first-order valence-electron chi connectivity index (χ1n) is 29.3. The van der Waals surface area contributed by atoms with Crippen LogP contribution in [0.25, 0.3) is 67.9 Å². The summed E-state index contributed by atoms with van der Waals surface area (Å²) < 4.78 is 58.9. The molecule has 2 saturated heterocycles. The number of fused-ring (bicyclic) bond motifs is 2. The van der Waals surface area contributed by atoms with Gasteiger partial charge in [0.25, 0.3) is 11.8 Å². The van der Waals surface area contributed by atoms with Gasteiger partial charge in [0.2, 0.25) is 11.9 Å². The smallest absolute Gasteiger partial charge is 0.410 e. The molecule has 2 N–H and O–H groups in total. The number of aromatic nitrogens is 12. The number of hydrogen-bond acceptors (Lipinski definition) is 22. The number of carbonyl (C=O) groups is 2. The minimum Gasteiger partial charge on any atom is -0.444 e. The van der Waals surface area contributed by atoms with Crippen LogP contribution in [0.1, 0.15) is 95.6 Å². The SMILES string of the molecule is Cc1cnc(N[C@H]2CCCN(C(=O)OC(C)(C)C)C2)nc1Cl.Cc1noc(-c2ccc3c(-c4nc(N[C@H]5CCCN(C(=O)OC(C)(C)C)C5)ncc4C)cn(-c4ccccc4)c3n2)n1.Cc1noc(-c2ccc3c(C)cn(-c4ccccc4)c3n2)n1.O=S=O.O=S=O.S. The third-order valence-electron chi connectivity index (χ3n) is 14.0. The maximum absolute atomic E-state index is 12.7. The summed E-state index contributed by atoms with van der Waals surface area (Å²) in [6.45, 7) is 23.2. The number of nitrogens with zero attached hydrogens (tertiary/aromatic N) is 14. The molecule has 12 rings (SSSR count). The number of pyridine rings is 2. The van der Waals surface area contributed by atoms with Crippen molar-refractivity contribution < 1.29 is 44.9 Å². The Bertz CT molecular complexity index is 4230. The number of anilines is 2. The van der Waals surface area contributed by atoms with Gasteiger partial charge in [-0.25, -0.2) is 39.5 Å². The van der Waals surface area contributed by atoms with Gasteiger partial charge in [0.05, 0.1) is 5.69 Å². The van der Waals surface area contributed by atoms with Crippen molar-refractivity contribution in [2.24, 2.45) is 0 Å². The number of hydrogen-bond donors (Lipinski definition) is 2. The summed E-state index contributed by atoms with van der Waals surface area (Å²) in [5.41, 5.74) is 8.62. The van der Waals surface area contributed by atoms with Crippen molar-refractivity contribution in [2.45, 2.75) is 125 Å². The molecule has 30 heteroatoms. The second-order valence-electron chi connectivity index (χ2n) is 23.5. The summed E-state index contributed by atoms with van der Waals surface area (Å²) in [5, 5.41) is 16.9. The van der Waals surface area contributed by atoms with Crippen LogP contribution in [0, 0.1) is 34.6 Å². The Hall–Kier alpha value is -9.32. The van der Waals surface area contributed by atoms with E-state index in [-0.39, 0.29) is 37.8 Å². The first-order valence-corrected chi connectivity index (χ1v) is 31.0. The van der Waals surface area contributed by atoms with Gasteiger partial charge in [-0.15, -0.1) is 0 Å². The van der Waals surface area contributed by atoms with Crippen LogP contribution in [-0.2, 0) is 32.6 Å². The van der Waals surface area contributed by atoms with Crippen molar-refractivity contribution >= 4 is 94.4 Å². The van der Waals surface area contributed by atoms with Crippen molar-refractivity contribution in [2.75, 3.05) is 36.8 Å². The quantitative estimate of drug-likeness (QED) is 0.127. The van der Waals surface area contributed by atoms with Gasteiger partial charge in [0.15, 0.2) is 11.6 Å². The third kappa shape index (κ3) is 19.4. The van der Waals surface area contributed by atoms with E-state index in [1.807, 2.05) is 139 Å². The molecule has 2 amide bonds. The molecular weight excluding hydrogens is 1270 g/mol. The molecule has 0 aliphatic carbocycles. The number of nitrogens with one attached hydrogen (secondary N) is 2. The standard InChI is InChI=1S/C31H34N8O3.C17H14N4O.C15H23ClN4O2.2O2S.H2S/c1-19-16-32-29(34-21-10-9-15-38(17-21)30(40)41-31(3,4)5)36-26(19)24-18-39(22-11-7-6-8-12-22)27-23(24)13-14-25(35-27)28-33-20(2)37-42-28;1-11-10-21(13-6-4-3-5-7-13)16-14(11)8-9-15(19-16)17-18-12(2)20-22-17;1-10-8-17-13(19-12(10)16)18-11-6-5-7-20(9-11)14(21)22-15(2,3)4;2*1-3-2;/h6-8,11-14,16,18,21H,9-10,15,17H2,1-5H3,(H,32,34,36);3-10H,1-2H3;8,11H,5-7,9H2,1-4H3,(H,17,18,19);;;1H2/t21-;;11-;;;/m0.0.../s1. The van der Waals surface area contributed by atoms with Crippen LogP contribution >= 0.6 is 25.1 Å². The molecule has 2 aliphatic heterocycles. The number of piperidine rings is 2. The van der Waals surface area contributed by atoms with E-state index in [4.69, 9.17) is 61.9 Å². The Morgan fingerprint density at radius 1 is 0.559 bits per heavy atom. The lowest BCUT2D eigenvalue weighted by atomic mass is 10.1. The second-order valence-corrected chi connectivity index (χ2v) is 24.2. The first kappa shape index (κ1) is 71.1. The van der Waals surface area contributed by atoms with E-state index in [1.165, 1.54) is 5.56 Å². The fourth-order valence-corrected chi connectivity index (χ4v) is 10.1. The molecule has 2 aliphatic rings. The van der Waals surface area contributed by atoms with Crippen LogP contribution in [0.2, 0.25) is 5.15 Å². The highest BCUT2D eigenvalue weighted by Crippen LogP contribution is 2.35. The van der Waals surface area contributed by atoms with Gasteiger partial charge in [0, 0.05) is 96.3 Å². The van der Waals surface area contributed by atoms with Gasteiger partial charge in [-0.1, -0.05) is 58.3 Å². The summed E-state index contributed by atoms with van der Waals surface area (Å²) in [6, 6.07) is 28.2. The van der Waals surface area contributed by atoms with Crippen molar-refractivity contribution in [1.82, 2.24) is 69.1 Å². The van der Waals surface area contributed by atoms with E-state index in [2.05, 4.69) is 81.9 Å². The van der Waals surface area contributed by atoms with Crippen molar-refractivity contribution in [3.05, 3.63) is 143 Å². The molecule has 0 unspecified atom stereocenters. The average molecular weight is 1350 g/mol. The topological polar surface area (TPSA) is 316 Å². The Morgan fingerprint density at radius 2 is 0.989 bits per heavy atom. The zero-order valence-corrected chi connectivity index (χ0v) is 56.6. The number of carbonyl (C=O) groups excluding carboxylic acids is 2. The number of para-hydroxylation sites is 2.